The summed E-state index contributed by atoms with van der Waals surface area (Å²) >= 11 is 0. The van der Waals surface area contributed by atoms with Crippen LogP contribution in [-0.2, 0) is 16.9 Å². The van der Waals surface area contributed by atoms with Gasteiger partial charge in [0.05, 0.1) is 18.3 Å². The van der Waals surface area contributed by atoms with Crippen LogP contribution in [0.5, 0.6) is 0 Å². The summed E-state index contributed by atoms with van der Waals surface area (Å²) in [6, 6.07) is 25.9. The van der Waals surface area contributed by atoms with E-state index in [1.54, 1.807) is 42.6 Å². The lowest BCUT2D eigenvalue weighted by Crippen LogP contribution is -2.45. The minimum absolute atomic E-state index is 0.0671. The molecule has 4 aromatic rings. The third-order valence-corrected chi connectivity index (χ3v) is 6.37. The summed E-state index contributed by atoms with van der Waals surface area (Å²) in [5, 5.41) is 17.7. The topological polar surface area (TPSA) is 125 Å². The van der Waals surface area contributed by atoms with E-state index in [4.69, 9.17) is 5.84 Å². The molecule has 1 aliphatic rings. The predicted octanol–water partition coefficient (Wildman–Crippen LogP) is 3.83. The molecular weight excluding hydrogens is 456 g/mol. The van der Waals surface area contributed by atoms with Gasteiger partial charge in [0.25, 0.3) is 5.91 Å². The molecule has 4 aromatic carbocycles. The van der Waals surface area contributed by atoms with E-state index in [1.165, 1.54) is 17.0 Å². The Morgan fingerprint density at radius 2 is 1.61 bits per heavy atom. The average Bonchev–Trinajstić information content (AvgIpc) is 3.15. The normalized spacial score (nSPS) is 17.6. The number of hydrogen-bond donors (Lipinski definition) is 3. The number of carbonyl (C=O) groups excluding carboxylic acids is 2. The molecular formula is C28H22N4O4. The zero-order valence-electron chi connectivity index (χ0n) is 19.1. The number of nitrogens with two attached hydrogens (primary N) is 1. The number of hydrogen-bond acceptors (Lipinski definition) is 5. The van der Waals surface area contributed by atoms with Gasteiger partial charge in [-0.3, -0.25) is 9.69 Å². The van der Waals surface area contributed by atoms with E-state index in [0.29, 0.717) is 11.1 Å². The first kappa shape index (κ1) is 22.8. The van der Waals surface area contributed by atoms with Crippen LogP contribution >= 0.6 is 0 Å². The number of fused-ring (bicyclic) bond motifs is 1. The van der Waals surface area contributed by atoms with Crippen LogP contribution in [0.25, 0.3) is 10.8 Å². The quantitative estimate of drug-likeness (QED) is 0.168. The molecule has 0 bridgehead atoms. The van der Waals surface area contributed by atoms with Gasteiger partial charge >= 0.3 is 12.0 Å². The molecule has 1 unspecified atom stereocenters. The van der Waals surface area contributed by atoms with Crippen LogP contribution in [0.15, 0.2) is 96.1 Å². The van der Waals surface area contributed by atoms with E-state index in [1.807, 2.05) is 42.5 Å². The molecule has 8 heteroatoms. The van der Waals surface area contributed by atoms with Crippen molar-refractivity contribution in [2.75, 3.05) is 0 Å². The predicted molar refractivity (Wildman–Crippen MR) is 135 cm³/mol. The zero-order chi connectivity index (χ0) is 25.3. The van der Waals surface area contributed by atoms with Gasteiger partial charge in [-0.05, 0) is 57.3 Å². The first-order valence-corrected chi connectivity index (χ1v) is 11.2. The number of carbonyl (C=O) groups is 3. The number of benzene rings is 4. The minimum atomic E-state index is -1.48. The van der Waals surface area contributed by atoms with Crippen LogP contribution in [0.2, 0.25) is 0 Å². The van der Waals surface area contributed by atoms with Gasteiger partial charge in [-0.25, -0.2) is 9.59 Å². The van der Waals surface area contributed by atoms with Crippen LogP contribution in [0.3, 0.4) is 0 Å². The van der Waals surface area contributed by atoms with Gasteiger partial charge in [0.15, 0.2) is 5.54 Å². The summed E-state index contributed by atoms with van der Waals surface area (Å²) < 4.78 is 0. The van der Waals surface area contributed by atoms with Crippen molar-refractivity contribution in [3.8, 4) is 0 Å². The molecule has 1 atom stereocenters. The maximum atomic E-state index is 14.0. The van der Waals surface area contributed by atoms with Crippen molar-refractivity contribution in [2.45, 2.75) is 12.1 Å². The number of rotatable bonds is 6. The molecule has 0 saturated carbocycles. The van der Waals surface area contributed by atoms with Crippen LogP contribution in [0.4, 0.5) is 4.79 Å². The summed E-state index contributed by atoms with van der Waals surface area (Å²) in [7, 11) is 0. The lowest BCUT2D eigenvalue weighted by atomic mass is 9.82. The van der Waals surface area contributed by atoms with Crippen molar-refractivity contribution >= 4 is 34.9 Å². The second kappa shape index (κ2) is 8.99. The first-order chi connectivity index (χ1) is 17.4. The molecule has 1 aliphatic heterocycles. The number of urea groups is 1. The highest BCUT2D eigenvalue weighted by molar-refractivity contribution is 6.09. The maximum Gasteiger partial charge on any atom is 0.335 e. The van der Waals surface area contributed by atoms with E-state index in [-0.39, 0.29) is 12.1 Å². The summed E-state index contributed by atoms with van der Waals surface area (Å²) in [6.45, 7) is 0.0671. The Morgan fingerprint density at radius 3 is 2.31 bits per heavy atom. The second-order valence-corrected chi connectivity index (χ2v) is 8.54. The van der Waals surface area contributed by atoms with E-state index in [0.717, 1.165) is 21.9 Å². The maximum absolute atomic E-state index is 14.0. The smallest absolute Gasteiger partial charge is 0.335 e. The van der Waals surface area contributed by atoms with Crippen LogP contribution in [0.1, 0.15) is 32.6 Å². The van der Waals surface area contributed by atoms with E-state index >= 15 is 0 Å². The van der Waals surface area contributed by atoms with Crippen molar-refractivity contribution in [1.82, 2.24) is 10.2 Å². The van der Waals surface area contributed by atoms with Crippen molar-refractivity contribution in [2.24, 2.45) is 10.9 Å². The summed E-state index contributed by atoms with van der Waals surface area (Å²) in [6.07, 6.45) is 1.55. The lowest BCUT2D eigenvalue weighted by Gasteiger charge is -2.28. The van der Waals surface area contributed by atoms with Gasteiger partial charge in [0, 0.05) is 0 Å². The molecule has 178 valence electrons. The van der Waals surface area contributed by atoms with E-state index in [2.05, 4.69) is 10.4 Å². The fraction of sp³-hybridized carbons (Fsp3) is 0.0714. The molecule has 1 saturated heterocycles. The standard InChI is InChI=1S/C28H22N4O4/c29-30-16-18-6-8-20-9-7-19(15-22(20)14-18)17-32-26(35)28(31-27(32)36,23-4-2-1-3-5-23)24-12-10-21(11-13-24)25(33)34/h1-16H,17,29H2,(H,31,36)(H,33,34). The van der Waals surface area contributed by atoms with Gasteiger partial charge in [0.1, 0.15) is 0 Å². The van der Waals surface area contributed by atoms with Gasteiger partial charge in [-0.15, -0.1) is 0 Å². The third kappa shape index (κ3) is 3.84. The number of imide groups is 1. The second-order valence-electron chi connectivity index (χ2n) is 8.54. The number of nitrogens with one attached hydrogen (secondary N) is 1. The molecule has 1 heterocycles. The van der Waals surface area contributed by atoms with Crippen LogP contribution in [-0.4, -0.2) is 34.1 Å². The first-order valence-electron chi connectivity index (χ1n) is 11.2. The van der Waals surface area contributed by atoms with Crippen molar-refractivity contribution in [3.05, 3.63) is 119 Å². The molecule has 36 heavy (non-hydrogen) atoms. The van der Waals surface area contributed by atoms with E-state index in [9.17, 15) is 19.5 Å². The molecule has 3 amide bonds. The average molecular weight is 479 g/mol. The Morgan fingerprint density at radius 1 is 0.917 bits per heavy atom. The van der Waals surface area contributed by atoms with Crippen molar-refractivity contribution < 1.29 is 19.5 Å². The summed E-state index contributed by atoms with van der Waals surface area (Å²) in [5.41, 5.74) is 1.28. The number of aromatic carboxylic acids is 1. The Balaban J connectivity index is 1.54. The van der Waals surface area contributed by atoms with Crippen LogP contribution < -0.4 is 11.2 Å². The minimum Gasteiger partial charge on any atom is -0.478 e. The molecule has 1 fully saturated rings. The fourth-order valence-electron chi connectivity index (χ4n) is 4.59. The van der Waals surface area contributed by atoms with Gasteiger partial charge in [0.2, 0.25) is 0 Å². The summed E-state index contributed by atoms with van der Waals surface area (Å²) in [4.78, 5) is 39.7. The summed E-state index contributed by atoms with van der Waals surface area (Å²) in [5.74, 6) is 3.76. The number of amides is 3. The van der Waals surface area contributed by atoms with Gasteiger partial charge in [-0.2, -0.15) is 5.10 Å². The molecule has 4 N–H and O–H groups in total. The molecule has 0 radical (unpaired) electrons. The molecule has 0 aromatic heterocycles. The fourth-order valence-corrected chi connectivity index (χ4v) is 4.59. The number of hydrazone groups is 1. The van der Waals surface area contributed by atoms with E-state index < -0.39 is 23.4 Å². The number of carboxylic acid groups (broad SMARTS) is 1. The van der Waals surface area contributed by atoms with Crippen LogP contribution in [0, 0.1) is 0 Å². The van der Waals surface area contributed by atoms with Crippen molar-refractivity contribution in [1.29, 1.82) is 0 Å². The molecule has 5 rings (SSSR count). The molecule has 0 spiro atoms. The van der Waals surface area contributed by atoms with Gasteiger partial charge in [-0.1, -0.05) is 66.7 Å². The SMILES string of the molecule is NN=Cc1ccc2ccc(CN3C(=O)NC(c4ccccc4)(c4ccc(C(=O)O)cc4)C3=O)cc2c1. The number of nitrogens with zero attached hydrogens (tertiary/aromatic N) is 2. The largest absolute Gasteiger partial charge is 0.478 e. The van der Waals surface area contributed by atoms with Crippen molar-refractivity contribution in [3.63, 3.8) is 0 Å². The molecule has 8 nitrogen and oxygen atoms in total. The lowest BCUT2D eigenvalue weighted by molar-refractivity contribution is -0.130. The highest BCUT2D eigenvalue weighted by Crippen LogP contribution is 2.37. The third-order valence-electron chi connectivity index (χ3n) is 6.37. The monoisotopic (exact) mass is 478 g/mol. The zero-order valence-corrected chi connectivity index (χ0v) is 19.1. The molecule has 0 aliphatic carbocycles. The Hall–Kier alpha value is -4.98. The highest BCUT2D eigenvalue weighted by Gasteiger charge is 2.53. The highest BCUT2D eigenvalue weighted by atomic mass is 16.4. The van der Waals surface area contributed by atoms with Gasteiger partial charge < -0.3 is 16.3 Å². The Kier molecular flexibility index (Phi) is 5.69. The number of carboxylic acids is 1. The Bertz CT molecular complexity index is 1520. The Labute approximate surface area is 206 Å².